The van der Waals surface area contributed by atoms with Crippen molar-refractivity contribution in [1.29, 1.82) is 0 Å². The van der Waals surface area contributed by atoms with E-state index in [0.717, 1.165) is 38.2 Å². The molecule has 27 heavy (non-hydrogen) atoms. The molecule has 3 heterocycles. The Balaban J connectivity index is 1.61. The van der Waals surface area contributed by atoms with Gasteiger partial charge in [0.2, 0.25) is 5.91 Å². The number of nitrogens with two attached hydrogens (primary N) is 1. The second-order valence-corrected chi connectivity index (χ2v) is 7.02. The van der Waals surface area contributed by atoms with E-state index in [1.165, 1.54) is 6.07 Å². The van der Waals surface area contributed by atoms with Crippen LogP contribution >= 0.6 is 0 Å². The molecule has 1 aliphatic rings. The maximum atomic E-state index is 14.3. The summed E-state index contributed by atoms with van der Waals surface area (Å²) in [4.78, 5) is 17.8. The van der Waals surface area contributed by atoms with Crippen molar-refractivity contribution in [2.45, 2.75) is 25.7 Å². The van der Waals surface area contributed by atoms with Gasteiger partial charge < -0.3 is 10.6 Å². The van der Waals surface area contributed by atoms with Gasteiger partial charge in [0.25, 0.3) is 0 Å². The first-order valence-corrected chi connectivity index (χ1v) is 9.25. The normalized spacial score (nSPS) is 15.4. The van der Waals surface area contributed by atoms with Gasteiger partial charge in [0, 0.05) is 37.2 Å². The highest BCUT2D eigenvalue weighted by Gasteiger charge is 2.23. The fourth-order valence-electron chi connectivity index (χ4n) is 3.73. The number of benzene rings is 1. The van der Waals surface area contributed by atoms with E-state index in [1.807, 2.05) is 18.2 Å². The molecule has 1 aromatic carbocycles. The molecule has 140 valence electrons. The molecule has 1 fully saturated rings. The SMILES string of the molecule is NC(=O)CCC1CCN(c2cc(-c3ccccc3F)nc3ccnn23)CC1. The molecule has 0 saturated carbocycles. The van der Waals surface area contributed by atoms with Crippen LogP contribution in [0.1, 0.15) is 25.7 Å². The Bertz CT molecular complexity index is 962. The monoisotopic (exact) mass is 367 g/mol. The van der Waals surface area contributed by atoms with Crippen molar-refractivity contribution in [1.82, 2.24) is 14.6 Å². The molecule has 4 rings (SSSR count). The van der Waals surface area contributed by atoms with Gasteiger partial charge in [-0.15, -0.1) is 0 Å². The number of hydrogen-bond acceptors (Lipinski definition) is 4. The van der Waals surface area contributed by atoms with Gasteiger partial charge in [-0.2, -0.15) is 9.61 Å². The van der Waals surface area contributed by atoms with E-state index in [2.05, 4.69) is 15.0 Å². The third-order valence-corrected chi connectivity index (χ3v) is 5.23. The molecule has 1 amide bonds. The molecular formula is C20H22FN5O. The van der Waals surface area contributed by atoms with Crippen LogP contribution in [-0.4, -0.2) is 33.6 Å². The van der Waals surface area contributed by atoms with E-state index in [-0.39, 0.29) is 11.7 Å². The zero-order chi connectivity index (χ0) is 18.8. The summed E-state index contributed by atoms with van der Waals surface area (Å²) in [7, 11) is 0. The summed E-state index contributed by atoms with van der Waals surface area (Å²) in [6.45, 7) is 1.72. The van der Waals surface area contributed by atoms with E-state index in [0.29, 0.717) is 29.2 Å². The number of halogens is 1. The number of hydrogen-bond donors (Lipinski definition) is 1. The number of amides is 1. The fraction of sp³-hybridized carbons (Fsp3) is 0.350. The number of primary amides is 1. The van der Waals surface area contributed by atoms with Crippen molar-refractivity contribution >= 4 is 17.4 Å². The Labute approximate surface area is 156 Å². The maximum absolute atomic E-state index is 14.3. The van der Waals surface area contributed by atoms with Gasteiger partial charge in [-0.05, 0) is 37.3 Å². The molecule has 0 spiro atoms. The average molecular weight is 367 g/mol. The van der Waals surface area contributed by atoms with Gasteiger partial charge in [0.15, 0.2) is 5.65 Å². The van der Waals surface area contributed by atoms with Gasteiger partial charge in [0.1, 0.15) is 11.6 Å². The summed E-state index contributed by atoms with van der Waals surface area (Å²) in [5.74, 6) is 0.899. The Morgan fingerprint density at radius 1 is 1.22 bits per heavy atom. The van der Waals surface area contributed by atoms with Crippen molar-refractivity contribution in [2.75, 3.05) is 18.0 Å². The Morgan fingerprint density at radius 2 is 2.00 bits per heavy atom. The van der Waals surface area contributed by atoms with E-state index < -0.39 is 0 Å². The number of carbonyl (C=O) groups excluding carboxylic acids is 1. The van der Waals surface area contributed by atoms with E-state index >= 15 is 0 Å². The summed E-state index contributed by atoms with van der Waals surface area (Å²) in [6, 6.07) is 10.4. The van der Waals surface area contributed by atoms with Gasteiger partial charge in [-0.3, -0.25) is 4.79 Å². The lowest BCUT2D eigenvalue weighted by Gasteiger charge is -2.33. The van der Waals surface area contributed by atoms with Gasteiger partial charge in [-0.1, -0.05) is 12.1 Å². The van der Waals surface area contributed by atoms with Crippen LogP contribution in [0.25, 0.3) is 16.9 Å². The van der Waals surface area contributed by atoms with Crippen LogP contribution in [0, 0.1) is 11.7 Å². The standard InChI is InChI=1S/C20H22FN5O/c21-16-4-2-1-3-15(16)17-13-20(26-19(24-17)7-10-23-26)25-11-8-14(9-12-25)5-6-18(22)27/h1-4,7,10,13-14H,5-6,8-9,11-12H2,(H2,22,27). The van der Waals surface area contributed by atoms with Gasteiger partial charge >= 0.3 is 0 Å². The Hall–Kier alpha value is -2.96. The number of piperidine rings is 1. The Kier molecular flexibility index (Phi) is 4.75. The van der Waals surface area contributed by atoms with Crippen molar-refractivity contribution in [2.24, 2.45) is 11.7 Å². The summed E-state index contributed by atoms with van der Waals surface area (Å²) < 4.78 is 16.1. The lowest BCUT2D eigenvalue weighted by molar-refractivity contribution is -0.118. The van der Waals surface area contributed by atoms with Crippen molar-refractivity contribution in [3.05, 3.63) is 48.4 Å². The highest BCUT2D eigenvalue weighted by Crippen LogP contribution is 2.30. The van der Waals surface area contributed by atoms with Crippen molar-refractivity contribution < 1.29 is 9.18 Å². The maximum Gasteiger partial charge on any atom is 0.217 e. The lowest BCUT2D eigenvalue weighted by atomic mass is 9.92. The van der Waals surface area contributed by atoms with E-state index in [4.69, 9.17) is 5.73 Å². The molecule has 6 nitrogen and oxygen atoms in total. The zero-order valence-electron chi connectivity index (χ0n) is 15.0. The van der Waals surface area contributed by atoms with Crippen LogP contribution in [-0.2, 0) is 4.79 Å². The van der Waals surface area contributed by atoms with Crippen LogP contribution < -0.4 is 10.6 Å². The molecular weight excluding hydrogens is 345 g/mol. The molecule has 3 aromatic rings. The lowest BCUT2D eigenvalue weighted by Crippen LogP contribution is -2.35. The van der Waals surface area contributed by atoms with Gasteiger partial charge in [0.05, 0.1) is 11.9 Å². The topological polar surface area (TPSA) is 76.5 Å². The van der Waals surface area contributed by atoms with Gasteiger partial charge in [-0.25, -0.2) is 9.37 Å². The number of aromatic nitrogens is 3. The molecule has 1 saturated heterocycles. The average Bonchev–Trinajstić information content (AvgIpc) is 3.15. The molecule has 0 radical (unpaired) electrons. The number of fused-ring (bicyclic) bond motifs is 1. The minimum atomic E-state index is -0.287. The van der Waals surface area contributed by atoms with Crippen LogP contribution in [0.4, 0.5) is 10.2 Å². The van der Waals surface area contributed by atoms with Crippen LogP contribution in [0.5, 0.6) is 0 Å². The van der Waals surface area contributed by atoms with Crippen molar-refractivity contribution in [3.8, 4) is 11.3 Å². The highest BCUT2D eigenvalue weighted by molar-refractivity contribution is 5.73. The fourth-order valence-corrected chi connectivity index (χ4v) is 3.73. The Morgan fingerprint density at radius 3 is 2.74 bits per heavy atom. The first kappa shape index (κ1) is 17.5. The third-order valence-electron chi connectivity index (χ3n) is 5.23. The second-order valence-electron chi connectivity index (χ2n) is 7.02. The number of rotatable bonds is 5. The summed E-state index contributed by atoms with van der Waals surface area (Å²) >= 11 is 0. The molecule has 2 aromatic heterocycles. The predicted octanol–water partition coefficient (Wildman–Crippen LogP) is 3.02. The highest BCUT2D eigenvalue weighted by atomic mass is 19.1. The molecule has 0 aliphatic carbocycles. The quantitative estimate of drug-likeness (QED) is 0.752. The van der Waals surface area contributed by atoms with Crippen LogP contribution in [0.2, 0.25) is 0 Å². The molecule has 2 N–H and O–H groups in total. The first-order valence-electron chi connectivity index (χ1n) is 9.25. The van der Waals surface area contributed by atoms with Crippen LogP contribution in [0.15, 0.2) is 42.6 Å². The van der Waals surface area contributed by atoms with E-state index in [1.54, 1.807) is 22.8 Å². The summed E-state index contributed by atoms with van der Waals surface area (Å²) in [5.41, 5.74) is 7.05. The smallest absolute Gasteiger partial charge is 0.217 e. The van der Waals surface area contributed by atoms with Crippen LogP contribution in [0.3, 0.4) is 0 Å². The molecule has 0 bridgehead atoms. The van der Waals surface area contributed by atoms with Crippen molar-refractivity contribution in [3.63, 3.8) is 0 Å². The summed E-state index contributed by atoms with van der Waals surface area (Å²) in [5, 5.41) is 4.39. The minimum absolute atomic E-state index is 0.237. The first-order chi connectivity index (χ1) is 13.1. The summed E-state index contributed by atoms with van der Waals surface area (Å²) in [6.07, 6.45) is 4.98. The molecule has 7 heteroatoms. The molecule has 0 atom stereocenters. The molecule has 1 aliphatic heterocycles. The third kappa shape index (κ3) is 3.63. The number of anilines is 1. The number of nitrogens with zero attached hydrogens (tertiary/aromatic N) is 4. The predicted molar refractivity (Wildman–Crippen MR) is 102 cm³/mol. The number of carbonyl (C=O) groups is 1. The zero-order valence-corrected chi connectivity index (χ0v) is 15.0. The largest absolute Gasteiger partial charge is 0.370 e. The minimum Gasteiger partial charge on any atom is -0.370 e. The van der Waals surface area contributed by atoms with E-state index in [9.17, 15) is 9.18 Å². The second kappa shape index (κ2) is 7.34. The molecule has 0 unspecified atom stereocenters.